The first kappa shape index (κ1) is 10.4. The van der Waals surface area contributed by atoms with Crippen LogP contribution in [0.1, 0.15) is 11.3 Å². The molecule has 2 aromatic rings. The molecule has 2 aromatic heterocycles. The lowest BCUT2D eigenvalue weighted by Crippen LogP contribution is -2.38. The molecule has 0 saturated heterocycles. The predicted molar refractivity (Wildman–Crippen MR) is 61.5 cm³/mol. The molecular weight excluding hydrogens is 208 g/mol. The molecule has 0 aromatic carbocycles. The molecule has 0 saturated carbocycles. The van der Waals surface area contributed by atoms with Crippen LogP contribution in [0.15, 0.2) is 39.6 Å². The average molecular weight is 222 g/mol. The number of hydrazine groups is 1. The van der Waals surface area contributed by atoms with E-state index in [0.717, 1.165) is 18.6 Å². The lowest BCUT2D eigenvalue weighted by Gasteiger charge is -2.13. The van der Waals surface area contributed by atoms with Crippen molar-refractivity contribution in [2.75, 3.05) is 0 Å². The molecule has 0 aliphatic carbocycles. The van der Waals surface area contributed by atoms with Gasteiger partial charge in [-0.15, -0.1) is 0 Å². The van der Waals surface area contributed by atoms with Gasteiger partial charge in [0.2, 0.25) is 0 Å². The van der Waals surface area contributed by atoms with Crippen molar-refractivity contribution in [1.29, 1.82) is 0 Å². The standard InChI is InChI=1S/C11H14N2OS/c12-13-10(6-9-3-5-15-8-9)7-11-2-1-4-14-11/h1-5,8,10,13H,6-7,12H2. The molecule has 1 atom stereocenters. The quantitative estimate of drug-likeness (QED) is 0.600. The smallest absolute Gasteiger partial charge is 0.105 e. The molecule has 3 N–H and O–H groups in total. The van der Waals surface area contributed by atoms with Crippen molar-refractivity contribution in [1.82, 2.24) is 5.43 Å². The summed E-state index contributed by atoms with van der Waals surface area (Å²) in [5.74, 6) is 6.48. The van der Waals surface area contributed by atoms with E-state index < -0.39 is 0 Å². The largest absolute Gasteiger partial charge is 0.469 e. The number of hydrogen-bond donors (Lipinski definition) is 2. The lowest BCUT2D eigenvalue weighted by molar-refractivity contribution is 0.444. The summed E-state index contributed by atoms with van der Waals surface area (Å²) >= 11 is 1.71. The SMILES string of the molecule is NNC(Cc1ccsc1)Cc1ccco1. The van der Waals surface area contributed by atoms with Gasteiger partial charge in [-0.25, -0.2) is 0 Å². The van der Waals surface area contributed by atoms with Crippen molar-refractivity contribution in [2.45, 2.75) is 18.9 Å². The molecule has 0 aliphatic rings. The molecule has 1 unspecified atom stereocenters. The van der Waals surface area contributed by atoms with Crippen LogP contribution in [-0.4, -0.2) is 6.04 Å². The summed E-state index contributed by atoms with van der Waals surface area (Å²) in [6, 6.07) is 6.22. The van der Waals surface area contributed by atoms with Gasteiger partial charge < -0.3 is 4.42 Å². The molecule has 0 fully saturated rings. The van der Waals surface area contributed by atoms with E-state index in [9.17, 15) is 0 Å². The average Bonchev–Trinajstić information content (AvgIpc) is 2.89. The molecule has 2 heterocycles. The van der Waals surface area contributed by atoms with Crippen molar-refractivity contribution in [2.24, 2.45) is 5.84 Å². The molecule has 4 heteroatoms. The van der Waals surface area contributed by atoms with Crippen molar-refractivity contribution in [3.05, 3.63) is 46.5 Å². The van der Waals surface area contributed by atoms with Crippen molar-refractivity contribution >= 4 is 11.3 Å². The number of nitrogens with one attached hydrogen (secondary N) is 1. The maximum Gasteiger partial charge on any atom is 0.105 e. The van der Waals surface area contributed by atoms with E-state index in [1.165, 1.54) is 5.56 Å². The minimum atomic E-state index is 0.228. The molecule has 3 nitrogen and oxygen atoms in total. The third-order valence-electron chi connectivity index (χ3n) is 2.33. The van der Waals surface area contributed by atoms with E-state index in [1.807, 2.05) is 12.1 Å². The Labute approximate surface area is 92.9 Å². The number of furan rings is 1. The highest BCUT2D eigenvalue weighted by atomic mass is 32.1. The van der Waals surface area contributed by atoms with Gasteiger partial charge >= 0.3 is 0 Å². The zero-order valence-corrected chi connectivity index (χ0v) is 9.17. The molecule has 0 aliphatic heterocycles. The number of hydrogen-bond acceptors (Lipinski definition) is 4. The van der Waals surface area contributed by atoms with E-state index in [0.29, 0.717) is 0 Å². The molecule has 0 spiro atoms. The summed E-state index contributed by atoms with van der Waals surface area (Å²) in [6.07, 6.45) is 3.44. The van der Waals surface area contributed by atoms with Crippen molar-refractivity contribution < 1.29 is 4.42 Å². The topological polar surface area (TPSA) is 51.2 Å². The molecule has 0 radical (unpaired) electrons. The molecule has 2 rings (SSSR count). The second-order valence-corrected chi connectivity index (χ2v) is 4.26. The summed E-state index contributed by atoms with van der Waals surface area (Å²) in [5, 5.41) is 4.22. The van der Waals surface area contributed by atoms with Crippen LogP contribution in [0, 0.1) is 0 Å². The normalized spacial score (nSPS) is 12.9. The minimum absolute atomic E-state index is 0.228. The molecule has 0 bridgehead atoms. The first-order valence-electron chi connectivity index (χ1n) is 4.88. The van der Waals surface area contributed by atoms with Gasteiger partial charge in [0.15, 0.2) is 0 Å². The maximum absolute atomic E-state index is 5.52. The maximum atomic E-state index is 5.52. The monoisotopic (exact) mass is 222 g/mol. The lowest BCUT2D eigenvalue weighted by atomic mass is 10.1. The summed E-state index contributed by atoms with van der Waals surface area (Å²) in [6.45, 7) is 0. The number of thiophene rings is 1. The Morgan fingerprint density at radius 3 is 2.93 bits per heavy atom. The van der Waals surface area contributed by atoms with Crippen molar-refractivity contribution in [3.63, 3.8) is 0 Å². The Kier molecular flexibility index (Phi) is 3.55. The van der Waals surface area contributed by atoms with Crippen LogP contribution in [0.2, 0.25) is 0 Å². The Morgan fingerprint density at radius 2 is 2.33 bits per heavy atom. The highest BCUT2D eigenvalue weighted by Gasteiger charge is 2.10. The zero-order chi connectivity index (χ0) is 10.5. The first-order chi connectivity index (χ1) is 7.38. The van der Waals surface area contributed by atoms with Gasteiger partial charge in [0.1, 0.15) is 5.76 Å². The minimum Gasteiger partial charge on any atom is -0.469 e. The third-order valence-corrected chi connectivity index (χ3v) is 3.06. The van der Waals surface area contributed by atoms with Gasteiger partial charge in [0, 0.05) is 12.5 Å². The van der Waals surface area contributed by atoms with Gasteiger partial charge in [0.05, 0.1) is 6.26 Å². The van der Waals surface area contributed by atoms with Gasteiger partial charge in [-0.3, -0.25) is 11.3 Å². The molecule has 80 valence electrons. The van der Waals surface area contributed by atoms with Crippen LogP contribution in [0.4, 0.5) is 0 Å². The van der Waals surface area contributed by atoms with Gasteiger partial charge in [-0.05, 0) is 40.9 Å². The Morgan fingerprint density at radius 1 is 1.40 bits per heavy atom. The summed E-state index contributed by atoms with van der Waals surface area (Å²) in [7, 11) is 0. The Bertz CT molecular complexity index is 333. The fourth-order valence-corrected chi connectivity index (χ4v) is 2.24. The first-order valence-corrected chi connectivity index (χ1v) is 5.82. The Balaban J connectivity index is 1.93. The number of nitrogens with two attached hydrogens (primary N) is 1. The predicted octanol–water partition coefficient (Wildman–Crippen LogP) is 1.96. The second kappa shape index (κ2) is 5.11. The van der Waals surface area contributed by atoms with Crippen molar-refractivity contribution in [3.8, 4) is 0 Å². The summed E-state index contributed by atoms with van der Waals surface area (Å²) in [5.41, 5.74) is 4.14. The zero-order valence-electron chi connectivity index (χ0n) is 8.35. The van der Waals surface area contributed by atoms with E-state index in [4.69, 9.17) is 10.3 Å². The Hall–Kier alpha value is -1.10. The van der Waals surface area contributed by atoms with Crippen LogP contribution >= 0.6 is 11.3 Å². The molecular formula is C11H14N2OS. The van der Waals surface area contributed by atoms with Gasteiger partial charge in [0.25, 0.3) is 0 Å². The van der Waals surface area contributed by atoms with E-state index in [-0.39, 0.29) is 6.04 Å². The molecule has 15 heavy (non-hydrogen) atoms. The van der Waals surface area contributed by atoms with Gasteiger partial charge in [-0.1, -0.05) is 0 Å². The van der Waals surface area contributed by atoms with E-state index >= 15 is 0 Å². The fraction of sp³-hybridized carbons (Fsp3) is 0.273. The third kappa shape index (κ3) is 2.92. The fourth-order valence-electron chi connectivity index (χ4n) is 1.55. The highest BCUT2D eigenvalue weighted by molar-refractivity contribution is 7.07. The van der Waals surface area contributed by atoms with Crippen LogP contribution in [0.3, 0.4) is 0 Å². The van der Waals surface area contributed by atoms with E-state index in [2.05, 4.69) is 22.3 Å². The van der Waals surface area contributed by atoms with Crippen LogP contribution < -0.4 is 11.3 Å². The van der Waals surface area contributed by atoms with E-state index in [1.54, 1.807) is 17.6 Å². The number of rotatable bonds is 5. The van der Waals surface area contributed by atoms with Crippen LogP contribution in [-0.2, 0) is 12.8 Å². The van der Waals surface area contributed by atoms with Crippen LogP contribution in [0.5, 0.6) is 0 Å². The highest BCUT2D eigenvalue weighted by Crippen LogP contribution is 2.11. The van der Waals surface area contributed by atoms with Gasteiger partial charge in [-0.2, -0.15) is 11.3 Å². The van der Waals surface area contributed by atoms with Crippen LogP contribution in [0.25, 0.3) is 0 Å². The summed E-state index contributed by atoms with van der Waals surface area (Å²) < 4.78 is 5.29. The molecule has 0 amide bonds. The second-order valence-electron chi connectivity index (χ2n) is 3.48. The summed E-state index contributed by atoms with van der Waals surface area (Å²) in [4.78, 5) is 0.